The number of morpholine rings is 1. The summed E-state index contributed by atoms with van der Waals surface area (Å²) in [6.45, 7) is 3.26. The van der Waals surface area contributed by atoms with E-state index in [9.17, 15) is 4.79 Å². The van der Waals surface area contributed by atoms with E-state index in [-0.39, 0.29) is 0 Å². The van der Waals surface area contributed by atoms with Crippen LogP contribution in [0.25, 0.3) is 6.08 Å². The second-order valence-electron chi connectivity index (χ2n) is 5.84. The van der Waals surface area contributed by atoms with Gasteiger partial charge >= 0.3 is 5.97 Å². The summed E-state index contributed by atoms with van der Waals surface area (Å²) in [6.07, 6.45) is 1.77. The van der Waals surface area contributed by atoms with Crippen LogP contribution in [0.2, 0.25) is 0 Å². The molecule has 0 N–H and O–H groups in total. The van der Waals surface area contributed by atoms with Crippen molar-refractivity contribution >= 4 is 34.3 Å². The van der Waals surface area contributed by atoms with E-state index in [1.54, 1.807) is 30.6 Å². The van der Waals surface area contributed by atoms with Crippen LogP contribution in [-0.2, 0) is 14.3 Å². The maximum Gasteiger partial charge on any atom is 0.363 e. The first-order chi connectivity index (χ1) is 12.7. The molecule has 6 nitrogen and oxygen atoms in total. The highest BCUT2D eigenvalue weighted by Gasteiger charge is 2.24. The van der Waals surface area contributed by atoms with Gasteiger partial charge in [-0.25, -0.2) is 9.79 Å². The third-order valence-electron chi connectivity index (χ3n) is 4.15. The van der Waals surface area contributed by atoms with E-state index in [2.05, 4.69) is 16.0 Å². The zero-order valence-electron chi connectivity index (χ0n) is 14.3. The number of hydrogen-bond donors (Lipinski definition) is 0. The summed E-state index contributed by atoms with van der Waals surface area (Å²) in [6, 6.07) is 11.3. The van der Waals surface area contributed by atoms with Crippen molar-refractivity contribution in [1.82, 2.24) is 0 Å². The Balaban J connectivity index is 1.56. The lowest BCUT2D eigenvalue weighted by atomic mass is 10.2. The number of methoxy groups -OCH3 is 1. The number of carbonyl (C=O) groups excluding carboxylic acids is 1. The lowest BCUT2D eigenvalue weighted by Gasteiger charge is -2.27. The first-order valence-corrected chi connectivity index (χ1v) is 9.14. The quantitative estimate of drug-likeness (QED) is 0.612. The molecule has 0 radical (unpaired) electrons. The Morgan fingerprint density at radius 3 is 2.88 bits per heavy atom. The molecule has 2 aromatic rings. The molecular weight excluding hydrogens is 352 g/mol. The van der Waals surface area contributed by atoms with Crippen LogP contribution in [0, 0.1) is 0 Å². The van der Waals surface area contributed by atoms with Crippen LogP contribution in [0.3, 0.4) is 0 Å². The zero-order valence-corrected chi connectivity index (χ0v) is 15.1. The molecular formula is C19H18N2O4S. The van der Waals surface area contributed by atoms with Crippen LogP contribution in [-0.4, -0.2) is 45.3 Å². The number of rotatable bonds is 4. The Hall–Kier alpha value is -2.64. The molecule has 2 aliphatic rings. The summed E-state index contributed by atoms with van der Waals surface area (Å²) < 4.78 is 15.9. The molecule has 1 fully saturated rings. The second-order valence-corrected chi connectivity index (χ2v) is 6.94. The van der Waals surface area contributed by atoms with Gasteiger partial charge in [-0.1, -0.05) is 6.07 Å². The Morgan fingerprint density at radius 1 is 1.23 bits per heavy atom. The number of benzene rings is 1. The molecule has 134 valence electrons. The van der Waals surface area contributed by atoms with Gasteiger partial charge < -0.3 is 19.1 Å². The van der Waals surface area contributed by atoms with E-state index in [1.807, 2.05) is 24.3 Å². The van der Waals surface area contributed by atoms with E-state index in [0.29, 0.717) is 22.9 Å². The third kappa shape index (κ3) is 3.49. The van der Waals surface area contributed by atoms with Crippen molar-refractivity contribution in [3.05, 3.63) is 52.5 Å². The molecule has 1 aromatic carbocycles. The predicted octanol–water partition coefficient (Wildman–Crippen LogP) is 2.94. The Bertz CT molecular complexity index is 881. The fourth-order valence-electron chi connectivity index (χ4n) is 2.80. The number of carbonyl (C=O) groups is 1. The summed E-state index contributed by atoms with van der Waals surface area (Å²) >= 11 is 1.63. The third-order valence-corrected chi connectivity index (χ3v) is 5.24. The molecule has 1 saturated heterocycles. The van der Waals surface area contributed by atoms with Crippen molar-refractivity contribution in [2.75, 3.05) is 38.3 Å². The Kier molecular flexibility index (Phi) is 4.73. The highest BCUT2D eigenvalue weighted by Crippen LogP contribution is 2.30. The van der Waals surface area contributed by atoms with Gasteiger partial charge in [0.15, 0.2) is 5.70 Å². The fourth-order valence-corrected chi connectivity index (χ4v) is 3.79. The van der Waals surface area contributed by atoms with Crippen molar-refractivity contribution in [3.63, 3.8) is 0 Å². The molecule has 1 aromatic heterocycles. The molecule has 26 heavy (non-hydrogen) atoms. The minimum atomic E-state index is -0.441. The monoisotopic (exact) mass is 370 g/mol. The average Bonchev–Trinajstić information content (AvgIpc) is 3.30. The molecule has 0 amide bonds. The molecule has 0 spiro atoms. The fraction of sp³-hybridized carbons (Fsp3) is 0.263. The molecule has 0 aliphatic carbocycles. The topological polar surface area (TPSA) is 60.4 Å². The van der Waals surface area contributed by atoms with E-state index < -0.39 is 5.97 Å². The van der Waals surface area contributed by atoms with E-state index in [1.165, 1.54) is 5.00 Å². The lowest BCUT2D eigenvalue weighted by molar-refractivity contribution is -0.129. The number of nitrogens with zero attached hydrogens (tertiary/aromatic N) is 2. The molecule has 3 heterocycles. The summed E-state index contributed by atoms with van der Waals surface area (Å²) in [4.78, 5) is 19.8. The van der Waals surface area contributed by atoms with Crippen molar-refractivity contribution in [3.8, 4) is 5.75 Å². The van der Waals surface area contributed by atoms with Crippen LogP contribution in [0.1, 0.15) is 10.4 Å². The van der Waals surface area contributed by atoms with Crippen molar-refractivity contribution in [2.45, 2.75) is 0 Å². The van der Waals surface area contributed by atoms with Crippen LogP contribution in [0.4, 0.5) is 5.00 Å². The number of cyclic esters (lactones) is 1. The second kappa shape index (κ2) is 7.31. The molecule has 4 rings (SSSR count). The smallest absolute Gasteiger partial charge is 0.363 e. The summed E-state index contributed by atoms with van der Waals surface area (Å²) in [5, 5.41) is 1.17. The minimum Gasteiger partial charge on any atom is -0.497 e. The maximum absolute atomic E-state index is 12.2. The number of ether oxygens (including phenoxy) is 3. The SMILES string of the molecule is COc1cccc(C2=N/C(=C\c3ccc(N4CCOCC4)s3)C(=O)O2)c1. The number of aliphatic imine (C=N–C) groups is 1. The van der Waals surface area contributed by atoms with Crippen LogP contribution < -0.4 is 9.64 Å². The predicted molar refractivity (Wildman–Crippen MR) is 101 cm³/mol. The Labute approximate surface area is 155 Å². The maximum atomic E-state index is 12.2. The highest BCUT2D eigenvalue weighted by atomic mass is 32.1. The number of thiophene rings is 1. The highest BCUT2D eigenvalue weighted by molar-refractivity contribution is 7.16. The van der Waals surface area contributed by atoms with E-state index in [0.717, 1.165) is 31.2 Å². The molecule has 0 saturated carbocycles. The number of anilines is 1. The van der Waals surface area contributed by atoms with E-state index in [4.69, 9.17) is 14.2 Å². The van der Waals surface area contributed by atoms with Gasteiger partial charge in [0.25, 0.3) is 0 Å². The van der Waals surface area contributed by atoms with Gasteiger partial charge in [0.2, 0.25) is 5.90 Å². The largest absolute Gasteiger partial charge is 0.497 e. The number of esters is 1. The van der Waals surface area contributed by atoms with Crippen molar-refractivity contribution in [2.24, 2.45) is 4.99 Å². The van der Waals surface area contributed by atoms with Gasteiger partial charge in [0.1, 0.15) is 5.75 Å². The minimum absolute atomic E-state index is 0.296. The first kappa shape index (κ1) is 16.8. The van der Waals surface area contributed by atoms with Gasteiger partial charge in [-0.05, 0) is 36.4 Å². The van der Waals surface area contributed by atoms with Gasteiger partial charge in [-0.3, -0.25) is 0 Å². The van der Waals surface area contributed by atoms with Crippen molar-refractivity contribution in [1.29, 1.82) is 0 Å². The standard InChI is InChI=1S/C19H18N2O4S/c1-23-14-4-2-3-13(11-14)18-20-16(19(22)25-18)12-15-5-6-17(26-15)21-7-9-24-10-8-21/h2-6,11-12H,7-10H2,1H3/b16-12-. The van der Waals surface area contributed by atoms with Crippen LogP contribution >= 0.6 is 11.3 Å². The number of hydrogen-bond acceptors (Lipinski definition) is 7. The average molecular weight is 370 g/mol. The Morgan fingerprint density at radius 2 is 2.08 bits per heavy atom. The summed E-state index contributed by atoms with van der Waals surface area (Å²) in [5.41, 5.74) is 1.01. The lowest BCUT2D eigenvalue weighted by Crippen LogP contribution is -2.35. The normalized spacial score (nSPS) is 18.8. The van der Waals surface area contributed by atoms with Gasteiger partial charge in [0, 0.05) is 23.5 Å². The van der Waals surface area contributed by atoms with Crippen molar-refractivity contribution < 1.29 is 19.0 Å². The molecule has 7 heteroatoms. The molecule has 0 bridgehead atoms. The molecule has 0 unspecified atom stereocenters. The first-order valence-electron chi connectivity index (χ1n) is 8.32. The van der Waals surface area contributed by atoms with Gasteiger partial charge in [-0.2, -0.15) is 0 Å². The van der Waals surface area contributed by atoms with E-state index >= 15 is 0 Å². The van der Waals surface area contributed by atoms with Crippen LogP contribution in [0.5, 0.6) is 5.75 Å². The zero-order chi connectivity index (χ0) is 17.9. The summed E-state index contributed by atoms with van der Waals surface area (Å²) in [7, 11) is 1.59. The summed E-state index contributed by atoms with van der Waals surface area (Å²) in [5.74, 6) is 0.543. The van der Waals surface area contributed by atoms with Gasteiger partial charge in [0.05, 0.1) is 25.3 Å². The molecule has 0 atom stereocenters. The van der Waals surface area contributed by atoms with Gasteiger partial charge in [-0.15, -0.1) is 11.3 Å². The van der Waals surface area contributed by atoms with Crippen LogP contribution in [0.15, 0.2) is 47.1 Å². The molecule has 2 aliphatic heterocycles.